The van der Waals surface area contributed by atoms with Crippen LogP contribution in [0.5, 0.6) is 28.7 Å². The molecule has 0 radical (unpaired) electrons. The van der Waals surface area contributed by atoms with Crippen LogP contribution in [0.3, 0.4) is 0 Å². The molecular formula is C16H13N3O6S. The standard InChI is InChI=1S/C16H13N3O6S/c17-16(26)19-18-13-12-10(23)4-7(21)5-11(12)25-15(14(13)24)8-2-1-6(20)3-9(8)22/h1-5,20-24H,(H3,17,19,26)/b18-13-. The number of rotatable bonds is 2. The lowest BCUT2D eigenvalue weighted by Crippen LogP contribution is -2.26. The van der Waals surface area contributed by atoms with Crippen molar-refractivity contribution in [2.45, 2.75) is 0 Å². The Kier molecular flexibility index (Phi) is 4.18. The number of phenols is 4. The van der Waals surface area contributed by atoms with Gasteiger partial charge >= 0.3 is 0 Å². The molecule has 0 amide bonds. The first-order valence-corrected chi connectivity index (χ1v) is 7.52. The number of nitrogens with zero attached hydrogens (tertiary/aromatic N) is 1. The van der Waals surface area contributed by atoms with Crippen LogP contribution in [0.1, 0.15) is 0 Å². The van der Waals surface area contributed by atoms with Crippen LogP contribution < -0.4 is 16.5 Å². The number of aromatic hydroxyl groups is 5. The van der Waals surface area contributed by atoms with Crippen LogP contribution in [0, 0.1) is 0 Å². The van der Waals surface area contributed by atoms with E-state index in [9.17, 15) is 25.5 Å². The predicted octanol–water partition coefficient (Wildman–Crippen LogP) is 1.28. The van der Waals surface area contributed by atoms with Gasteiger partial charge in [0.2, 0.25) is 0 Å². The van der Waals surface area contributed by atoms with E-state index in [2.05, 4.69) is 22.7 Å². The third-order valence-corrected chi connectivity index (χ3v) is 3.55. The Morgan fingerprint density at radius 1 is 1.00 bits per heavy atom. The molecule has 2 aromatic carbocycles. The summed E-state index contributed by atoms with van der Waals surface area (Å²) >= 11 is 4.67. The number of hydrogen-bond donors (Lipinski definition) is 7. The van der Waals surface area contributed by atoms with Gasteiger partial charge in [-0.3, -0.25) is 5.43 Å². The van der Waals surface area contributed by atoms with Crippen molar-refractivity contribution in [3.8, 4) is 40.1 Å². The summed E-state index contributed by atoms with van der Waals surface area (Å²) in [6.45, 7) is 0. The second-order valence-electron chi connectivity index (χ2n) is 5.26. The molecule has 134 valence electrons. The largest absolute Gasteiger partial charge is 0.508 e. The van der Waals surface area contributed by atoms with Gasteiger partial charge in [0.05, 0.1) is 10.9 Å². The smallest absolute Gasteiger partial charge is 0.188 e. The van der Waals surface area contributed by atoms with Crippen molar-refractivity contribution in [2.75, 3.05) is 0 Å². The van der Waals surface area contributed by atoms with Crippen molar-refractivity contribution in [3.05, 3.63) is 35.7 Å². The van der Waals surface area contributed by atoms with Gasteiger partial charge in [0, 0.05) is 18.2 Å². The number of nitrogens with two attached hydrogens (primary N) is 1. The van der Waals surface area contributed by atoms with Crippen LogP contribution in [0.2, 0.25) is 0 Å². The SMILES string of the molecule is NC(=S)N/N=c1\c(O)c(-c2ccc(O)cc2O)oc2cc(O)cc(O)c12. The van der Waals surface area contributed by atoms with Gasteiger partial charge in [-0.15, -0.1) is 0 Å². The Balaban J connectivity index is 2.44. The molecule has 0 saturated carbocycles. The summed E-state index contributed by atoms with van der Waals surface area (Å²) < 4.78 is 5.54. The molecule has 10 heteroatoms. The van der Waals surface area contributed by atoms with E-state index in [0.29, 0.717) is 0 Å². The van der Waals surface area contributed by atoms with Gasteiger partial charge in [0.25, 0.3) is 0 Å². The van der Waals surface area contributed by atoms with Crippen LogP contribution in [0.15, 0.2) is 39.9 Å². The number of fused-ring (bicyclic) bond motifs is 1. The third-order valence-electron chi connectivity index (χ3n) is 3.46. The Labute approximate surface area is 150 Å². The second-order valence-corrected chi connectivity index (χ2v) is 5.70. The second kappa shape index (κ2) is 6.33. The maximum absolute atomic E-state index is 10.6. The van der Waals surface area contributed by atoms with E-state index < -0.39 is 11.5 Å². The summed E-state index contributed by atoms with van der Waals surface area (Å²) in [7, 11) is 0. The van der Waals surface area contributed by atoms with Crippen molar-refractivity contribution in [2.24, 2.45) is 10.8 Å². The van der Waals surface area contributed by atoms with Crippen LogP contribution in [-0.4, -0.2) is 30.6 Å². The molecule has 0 saturated heterocycles. The molecule has 9 nitrogen and oxygen atoms in total. The third kappa shape index (κ3) is 3.00. The summed E-state index contributed by atoms with van der Waals surface area (Å²) in [5.74, 6) is -2.03. The molecule has 0 aliphatic carbocycles. The summed E-state index contributed by atoms with van der Waals surface area (Å²) in [4.78, 5) is 0. The Morgan fingerprint density at radius 3 is 2.35 bits per heavy atom. The maximum atomic E-state index is 10.6. The van der Waals surface area contributed by atoms with Crippen LogP contribution in [0.4, 0.5) is 0 Å². The minimum absolute atomic E-state index is 0.0222. The summed E-state index contributed by atoms with van der Waals surface area (Å²) in [5.41, 5.74) is 7.64. The van der Waals surface area contributed by atoms with Gasteiger partial charge in [0.15, 0.2) is 16.6 Å². The zero-order valence-electron chi connectivity index (χ0n) is 13.0. The van der Waals surface area contributed by atoms with E-state index in [1.54, 1.807) is 0 Å². The molecule has 8 N–H and O–H groups in total. The van der Waals surface area contributed by atoms with Crippen LogP contribution >= 0.6 is 12.2 Å². The number of phenolic OH excluding ortho intramolecular Hbond substituents is 4. The highest BCUT2D eigenvalue weighted by molar-refractivity contribution is 7.80. The molecular weight excluding hydrogens is 362 g/mol. The van der Waals surface area contributed by atoms with Crippen LogP contribution in [0.25, 0.3) is 22.3 Å². The molecule has 0 spiro atoms. The van der Waals surface area contributed by atoms with E-state index in [0.717, 1.165) is 12.1 Å². The topological polar surface area (TPSA) is 165 Å². The molecule has 0 aliphatic rings. The molecule has 0 fully saturated rings. The normalized spacial score (nSPS) is 11.6. The maximum Gasteiger partial charge on any atom is 0.188 e. The first-order chi connectivity index (χ1) is 12.3. The number of benzene rings is 2. The monoisotopic (exact) mass is 375 g/mol. The van der Waals surface area contributed by atoms with Crippen molar-refractivity contribution < 1.29 is 29.9 Å². The average molecular weight is 375 g/mol. The Bertz CT molecular complexity index is 1110. The average Bonchev–Trinajstić information content (AvgIpc) is 2.54. The summed E-state index contributed by atoms with van der Waals surface area (Å²) in [5, 5.41) is 53.3. The fourth-order valence-corrected chi connectivity index (χ4v) is 2.45. The molecule has 0 atom stereocenters. The first kappa shape index (κ1) is 17.2. The molecule has 0 bridgehead atoms. The highest BCUT2D eigenvalue weighted by atomic mass is 32.1. The minimum atomic E-state index is -0.539. The van der Waals surface area contributed by atoms with Gasteiger partial charge in [-0.05, 0) is 24.4 Å². The Morgan fingerprint density at radius 2 is 1.69 bits per heavy atom. The zero-order chi connectivity index (χ0) is 19.0. The Hall–Kier alpha value is -3.66. The van der Waals surface area contributed by atoms with E-state index in [1.165, 1.54) is 18.2 Å². The van der Waals surface area contributed by atoms with Crippen LogP contribution in [-0.2, 0) is 0 Å². The van der Waals surface area contributed by atoms with E-state index in [-0.39, 0.29) is 50.0 Å². The van der Waals surface area contributed by atoms with E-state index >= 15 is 0 Å². The number of hydrogen-bond acceptors (Lipinski definition) is 8. The first-order valence-electron chi connectivity index (χ1n) is 7.11. The lowest BCUT2D eigenvalue weighted by Gasteiger charge is -2.11. The molecule has 1 heterocycles. The molecule has 3 aromatic rings. The minimum Gasteiger partial charge on any atom is -0.508 e. The molecule has 26 heavy (non-hydrogen) atoms. The predicted molar refractivity (Wildman–Crippen MR) is 95.5 cm³/mol. The highest BCUT2D eigenvalue weighted by Gasteiger charge is 2.20. The lowest BCUT2D eigenvalue weighted by atomic mass is 10.1. The van der Waals surface area contributed by atoms with E-state index in [4.69, 9.17) is 10.2 Å². The summed E-state index contributed by atoms with van der Waals surface area (Å²) in [6.07, 6.45) is 0. The van der Waals surface area contributed by atoms with Crippen molar-refractivity contribution >= 4 is 28.3 Å². The highest BCUT2D eigenvalue weighted by Crippen LogP contribution is 2.39. The lowest BCUT2D eigenvalue weighted by molar-refractivity contribution is 0.431. The van der Waals surface area contributed by atoms with Crippen molar-refractivity contribution in [1.29, 1.82) is 0 Å². The van der Waals surface area contributed by atoms with Gasteiger partial charge in [-0.1, -0.05) is 0 Å². The van der Waals surface area contributed by atoms with Crippen molar-refractivity contribution in [3.63, 3.8) is 0 Å². The van der Waals surface area contributed by atoms with Gasteiger partial charge in [-0.2, -0.15) is 5.10 Å². The quantitative estimate of drug-likeness (QED) is 0.258. The number of thiocarbonyl (C=S) groups is 1. The summed E-state index contributed by atoms with van der Waals surface area (Å²) in [6, 6.07) is 5.86. The molecule has 0 unspecified atom stereocenters. The fraction of sp³-hybridized carbons (Fsp3) is 0. The van der Waals surface area contributed by atoms with Crippen molar-refractivity contribution in [1.82, 2.24) is 5.43 Å². The molecule has 0 aliphatic heterocycles. The van der Waals surface area contributed by atoms with Gasteiger partial charge < -0.3 is 35.7 Å². The van der Waals surface area contributed by atoms with E-state index in [1.807, 2.05) is 0 Å². The fourth-order valence-electron chi connectivity index (χ4n) is 2.40. The number of nitrogens with one attached hydrogen (secondary N) is 1. The van der Waals surface area contributed by atoms with Gasteiger partial charge in [0.1, 0.15) is 33.9 Å². The van der Waals surface area contributed by atoms with Gasteiger partial charge in [-0.25, -0.2) is 0 Å². The zero-order valence-corrected chi connectivity index (χ0v) is 13.8. The molecule has 1 aromatic heterocycles. The molecule has 3 rings (SSSR count).